The van der Waals surface area contributed by atoms with E-state index in [1.807, 2.05) is 33.0 Å². The number of aromatic nitrogens is 2. The average Bonchev–Trinajstić information content (AvgIpc) is 2.74. The lowest BCUT2D eigenvalue weighted by atomic mass is 10.2. The SMILES string of the molecule is CCCNc1cccc(Sc2cc(C)nn2C)c1[N+](=O)[O-]. The molecular weight excluding hydrogens is 288 g/mol. The normalized spacial score (nSPS) is 10.6. The monoisotopic (exact) mass is 306 g/mol. The zero-order valence-corrected chi connectivity index (χ0v) is 13.1. The molecule has 0 saturated heterocycles. The predicted molar refractivity (Wildman–Crippen MR) is 83.9 cm³/mol. The smallest absolute Gasteiger partial charge is 0.306 e. The van der Waals surface area contributed by atoms with Crippen LogP contribution in [0.4, 0.5) is 11.4 Å². The number of rotatable bonds is 6. The molecule has 0 aliphatic heterocycles. The number of anilines is 1. The summed E-state index contributed by atoms with van der Waals surface area (Å²) >= 11 is 1.36. The lowest BCUT2D eigenvalue weighted by molar-refractivity contribution is -0.386. The molecule has 0 aliphatic carbocycles. The van der Waals surface area contributed by atoms with Gasteiger partial charge in [0.25, 0.3) is 0 Å². The van der Waals surface area contributed by atoms with Gasteiger partial charge in [0.15, 0.2) is 0 Å². The molecule has 1 heterocycles. The number of para-hydroxylation sites is 1. The Hall–Kier alpha value is -2.02. The molecule has 1 aromatic carbocycles. The molecule has 2 aromatic rings. The Morgan fingerprint density at radius 3 is 2.81 bits per heavy atom. The maximum atomic E-state index is 11.4. The number of benzene rings is 1. The van der Waals surface area contributed by atoms with E-state index in [1.165, 1.54) is 11.8 Å². The molecule has 1 N–H and O–H groups in total. The van der Waals surface area contributed by atoms with E-state index in [9.17, 15) is 10.1 Å². The fourth-order valence-corrected chi connectivity index (χ4v) is 3.05. The largest absolute Gasteiger partial charge is 0.379 e. The van der Waals surface area contributed by atoms with Gasteiger partial charge in [-0.25, -0.2) is 0 Å². The second-order valence-corrected chi connectivity index (χ2v) is 5.75. The van der Waals surface area contributed by atoms with Crippen molar-refractivity contribution in [3.05, 3.63) is 40.1 Å². The van der Waals surface area contributed by atoms with Crippen molar-refractivity contribution < 1.29 is 4.92 Å². The average molecular weight is 306 g/mol. The molecule has 0 radical (unpaired) electrons. The van der Waals surface area contributed by atoms with Gasteiger partial charge in [0.05, 0.1) is 20.5 Å². The fourth-order valence-electron chi connectivity index (χ4n) is 1.99. The van der Waals surface area contributed by atoms with E-state index in [1.54, 1.807) is 16.8 Å². The quantitative estimate of drug-likeness (QED) is 0.652. The fraction of sp³-hybridized carbons (Fsp3) is 0.357. The van der Waals surface area contributed by atoms with Gasteiger partial charge in [0.2, 0.25) is 0 Å². The van der Waals surface area contributed by atoms with Crippen molar-refractivity contribution in [3.63, 3.8) is 0 Å². The maximum Gasteiger partial charge on any atom is 0.306 e. The van der Waals surface area contributed by atoms with Crippen molar-refractivity contribution in [1.82, 2.24) is 9.78 Å². The van der Waals surface area contributed by atoms with Crippen LogP contribution in [0, 0.1) is 17.0 Å². The van der Waals surface area contributed by atoms with Crippen LogP contribution in [-0.2, 0) is 7.05 Å². The Morgan fingerprint density at radius 1 is 1.48 bits per heavy atom. The Labute approximate surface area is 127 Å². The molecule has 7 heteroatoms. The van der Waals surface area contributed by atoms with Crippen LogP contribution in [0.2, 0.25) is 0 Å². The number of nitro benzene ring substituents is 1. The standard InChI is InChI=1S/C14H18N4O2S/c1-4-8-15-11-6-5-7-12(14(11)18(19)20)21-13-9-10(2)16-17(13)3/h5-7,9,15H,4,8H2,1-3H3. The second kappa shape index (κ2) is 6.62. The van der Waals surface area contributed by atoms with Gasteiger partial charge in [0.1, 0.15) is 5.69 Å². The van der Waals surface area contributed by atoms with Crippen molar-refractivity contribution in [3.8, 4) is 0 Å². The van der Waals surface area contributed by atoms with Crippen LogP contribution in [0.5, 0.6) is 0 Å². The number of hydrogen-bond donors (Lipinski definition) is 1. The molecule has 6 nitrogen and oxygen atoms in total. The van der Waals surface area contributed by atoms with Crippen LogP contribution in [0.25, 0.3) is 0 Å². The molecule has 0 spiro atoms. The van der Waals surface area contributed by atoms with E-state index in [0.717, 1.165) is 17.1 Å². The predicted octanol–water partition coefficient (Wildman–Crippen LogP) is 3.61. The lowest BCUT2D eigenvalue weighted by Crippen LogP contribution is -2.04. The molecule has 0 saturated carbocycles. The summed E-state index contributed by atoms with van der Waals surface area (Å²) in [4.78, 5) is 11.7. The van der Waals surface area contributed by atoms with Gasteiger partial charge in [-0.3, -0.25) is 14.8 Å². The van der Waals surface area contributed by atoms with Crippen LogP contribution >= 0.6 is 11.8 Å². The number of nitrogens with zero attached hydrogens (tertiary/aromatic N) is 3. The molecule has 0 unspecified atom stereocenters. The van der Waals surface area contributed by atoms with Crippen LogP contribution in [0.15, 0.2) is 34.2 Å². The first-order valence-electron chi connectivity index (χ1n) is 6.72. The summed E-state index contributed by atoms with van der Waals surface area (Å²) in [5, 5.41) is 19.7. The van der Waals surface area contributed by atoms with Gasteiger partial charge in [-0.1, -0.05) is 24.8 Å². The minimum absolute atomic E-state index is 0.120. The summed E-state index contributed by atoms with van der Waals surface area (Å²) in [7, 11) is 1.83. The highest BCUT2D eigenvalue weighted by atomic mass is 32.2. The first-order valence-corrected chi connectivity index (χ1v) is 7.54. The van der Waals surface area contributed by atoms with E-state index < -0.39 is 0 Å². The third-order valence-electron chi connectivity index (χ3n) is 2.92. The van der Waals surface area contributed by atoms with E-state index in [-0.39, 0.29) is 10.6 Å². The molecule has 21 heavy (non-hydrogen) atoms. The molecule has 1 aromatic heterocycles. The van der Waals surface area contributed by atoms with Crippen molar-refractivity contribution >= 4 is 23.1 Å². The highest BCUT2D eigenvalue weighted by molar-refractivity contribution is 7.99. The van der Waals surface area contributed by atoms with E-state index >= 15 is 0 Å². The zero-order chi connectivity index (χ0) is 15.4. The molecule has 0 aliphatic rings. The van der Waals surface area contributed by atoms with Crippen LogP contribution in [0.3, 0.4) is 0 Å². The van der Waals surface area contributed by atoms with E-state index in [4.69, 9.17) is 0 Å². The van der Waals surface area contributed by atoms with E-state index in [2.05, 4.69) is 10.4 Å². The number of nitro groups is 1. The second-order valence-electron chi connectivity index (χ2n) is 4.69. The summed E-state index contributed by atoms with van der Waals surface area (Å²) in [5.74, 6) is 0. The van der Waals surface area contributed by atoms with Crippen molar-refractivity contribution in [2.75, 3.05) is 11.9 Å². The first-order chi connectivity index (χ1) is 10.0. The van der Waals surface area contributed by atoms with Crippen molar-refractivity contribution in [2.24, 2.45) is 7.05 Å². The summed E-state index contributed by atoms with van der Waals surface area (Å²) in [6, 6.07) is 7.26. The summed E-state index contributed by atoms with van der Waals surface area (Å²) in [6.07, 6.45) is 0.912. The summed E-state index contributed by atoms with van der Waals surface area (Å²) in [6.45, 7) is 4.63. The minimum Gasteiger partial charge on any atom is -0.379 e. The first kappa shape index (κ1) is 15.4. The minimum atomic E-state index is -0.330. The molecule has 0 bridgehead atoms. The topological polar surface area (TPSA) is 73.0 Å². The van der Waals surface area contributed by atoms with E-state index in [0.29, 0.717) is 17.1 Å². The highest BCUT2D eigenvalue weighted by Crippen LogP contribution is 2.39. The maximum absolute atomic E-state index is 11.4. The molecular formula is C14H18N4O2S. The van der Waals surface area contributed by atoms with Crippen LogP contribution < -0.4 is 5.32 Å². The Balaban J connectivity index is 2.38. The third-order valence-corrected chi connectivity index (χ3v) is 4.06. The summed E-state index contributed by atoms with van der Waals surface area (Å²) < 4.78 is 1.73. The highest BCUT2D eigenvalue weighted by Gasteiger charge is 2.21. The Kier molecular flexibility index (Phi) is 4.85. The molecule has 0 amide bonds. The number of nitrogens with one attached hydrogen (secondary N) is 1. The van der Waals surface area contributed by atoms with Crippen LogP contribution in [0.1, 0.15) is 19.0 Å². The van der Waals surface area contributed by atoms with Gasteiger partial charge in [0, 0.05) is 13.6 Å². The van der Waals surface area contributed by atoms with Crippen molar-refractivity contribution in [1.29, 1.82) is 0 Å². The lowest BCUT2D eigenvalue weighted by Gasteiger charge is -2.09. The molecule has 2 rings (SSSR count). The number of hydrogen-bond acceptors (Lipinski definition) is 5. The third kappa shape index (κ3) is 3.55. The Bertz CT molecular complexity index is 654. The number of aryl methyl sites for hydroxylation is 2. The zero-order valence-electron chi connectivity index (χ0n) is 12.3. The van der Waals surface area contributed by atoms with Gasteiger partial charge in [-0.05, 0) is 31.5 Å². The Morgan fingerprint density at radius 2 is 2.24 bits per heavy atom. The van der Waals surface area contributed by atoms with Gasteiger partial charge in [-0.2, -0.15) is 5.10 Å². The van der Waals surface area contributed by atoms with Gasteiger partial charge >= 0.3 is 5.69 Å². The summed E-state index contributed by atoms with van der Waals surface area (Å²) in [5.41, 5.74) is 1.57. The van der Waals surface area contributed by atoms with Gasteiger partial charge < -0.3 is 5.32 Å². The van der Waals surface area contributed by atoms with Crippen molar-refractivity contribution in [2.45, 2.75) is 30.2 Å². The van der Waals surface area contributed by atoms with Gasteiger partial charge in [-0.15, -0.1) is 0 Å². The molecule has 0 atom stereocenters. The van der Waals surface area contributed by atoms with Crippen LogP contribution in [-0.4, -0.2) is 21.2 Å². The molecule has 0 fully saturated rings. The molecule has 112 valence electrons.